The highest BCUT2D eigenvalue weighted by Crippen LogP contribution is 2.42. The van der Waals surface area contributed by atoms with Crippen molar-refractivity contribution in [1.29, 1.82) is 5.26 Å². The molecule has 18 heteroatoms. The minimum Gasteiger partial charge on any atom is -0.481 e. The van der Waals surface area contributed by atoms with Crippen LogP contribution in [0.5, 0.6) is 0 Å². The summed E-state index contributed by atoms with van der Waals surface area (Å²) in [6.45, 7) is 3.79. The van der Waals surface area contributed by atoms with Gasteiger partial charge in [-0.25, -0.2) is 4.68 Å². The van der Waals surface area contributed by atoms with Gasteiger partial charge < -0.3 is 49.2 Å². The first-order valence-electron chi connectivity index (χ1n) is 19.7. The molecule has 59 heavy (non-hydrogen) atoms. The molecule has 2 aromatic carbocycles. The van der Waals surface area contributed by atoms with E-state index in [4.69, 9.17) is 23.7 Å². The average molecular weight is 821 g/mol. The summed E-state index contributed by atoms with van der Waals surface area (Å²) in [6.07, 6.45) is 3.62. The number of nitriles is 1. The van der Waals surface area contributed by atoms with E-state index < -0.39 is 73.2 Å². The van der Waals surface area contributed by atoms with Crippen molar-refractivity contribution in [1.82, 2.24) is 20.3 Å². The summed E-state index contributed by atoms with van der Waals surface area (Å²) in [6, 6.07) is 14.3. The van der Waals surface area contributed by atoms with Crippen LogP contribution >= 0.6 is 0 Å². The number of carboxylic acid groups (broad SMARTS) is 3. The average Bonchev–Trinajstić information content (AvgIpc) is 3.67. The lowest BCUT2D eigenvalue weighted by Crippen LogP contribution is -2.51. The number of ether oxygens (including phenoxy) is 5. The minimum atomic E-state index is -1.19. The van der Waals surface area contributed by atoms with Crippen LogP contribution in [0.2, 0.25) is 0 Å². The molecule has 318 valence electrons. The van der Waals surface area contributed by atoms with Gasteiger partial charge in [0.15, 0.2) is 6.29 Å². The van der Waals surface area contributed by atoms with E-state index in [-0.39, 0.29) is 58.3 Å². The fourth-order valence-corrected chi connectivity index (χ4v) is 7.65. The smallest absolute Gasteiger partial charge is 0.303 e. The molecule has 1 amide bonds. The van der Waals surface area contributed by atoms with Crippen LogP contribution in [0.4, 0.5) is 5.69 Å². The van der Waals surface area contributed by atoms with E-state index in [0.29, 0.717) is 5.69 Å². The van der Waals surface area contributed by atoms with Crippen LogP contribution in [0.1, 0.15) is 49.8 Å². The number of benzene rings is 2. The summed E-state index contributed by atoms with van der Waals surface area (Å²) in [5, 5.41) is 51.3. The number of aromatic nitrogens is 3. The number of rotatable bonds is 23. The standard InChI is InChI=1S/C41H52N6O12/c1-55-41-35(22-39(52)53)33(20-37(48)49)34(21-38(50)51)36(59-41)25-47-24-31(44-45-47)26-58-16-15-57-14-13-56-12-9-43-40(54)30(23-42)18-27-5-6-29-19-32(8-7-28(29)17-27)46-10-3-2-4-11-46/h5-8,17-19,24,33-36,41H,2-4,9-16,20-22,25-26H2,1H3,(H,43,54)(H,48,49)(H,50,51)(H,52,53)/b30-18+. The normalized spacial score (nSPS) is 20.9. The summed E-state index contributed by atoms with van der Waals surface area (Å²) in [4.78, 5) is 50.1. The molecule has 0 saturated carbocycles. The number of nitrogens with zero attached hydrogens (tertiary/aromatic N) is 5. The molecular formula is C41H52N6O12. The van der Waals surface area contributed by atoms with Gasteiger partial charge >= 0.3 is 17.9 Å². The van der Waals surface area contributed by atoms with Crippen molar-refractivity contribution in [3.8, 4) is 6.07 Å². The second-order valence-electron chi connectivity index (χ2n) is 14.5. The van der Waals surface area contributed by atoms with E-state index in [2.05, 4.69) is 38.7 Å². The zero-order valence-electron chi connectivity index (χ0n) is 33.1. The third-order valence-electron chi connectivity index (χ3n) is 10.4. The SMILES string of the molecule is COC1OC(Cn2cc(COCCOCCOCCNC(=O)/C(C#N)=C/c3ccc4cc(N5CCCCC5)ccc4c3)nn2)C(CC(=O)O)C(CC(=O)O)C1CC(=O)O. The fraction of sp³-hybridized carbons (Fsp3) is 0.537. The third kappa shape index (κ3) is 13.5. The Morgan fingerprint density at radius 2 is 1.51 bits per heavy atom. The molecule has 0 spiro atoms. The van der Waals surface area contributed by atoms with E-state index in [1.807, 2.05) is 24.3 Å². The summed E-state index contributed by atoms with van der Waals surface area (Å²) >= 11 is 0. The van der Waals surface area contributed by atoms with Crippen molar-refractivity contribution in [2.45, 2.75) is 64.1 Å². The first-order chi connectivity index (χ1) is 28.5. The molecule has 3 aromatic rings. The number of hydrogen-bond acceptors (Lipinski definition) is 13. The van der Waals surface area contributed by atoms with Gasteiger partial charge in [0.25, 0.3) is 5.91 Å². The van der Waals surface area contributed by atoms with E-state index in [0.717, 1.165) is 29.4 Å². The van der Waals surface area contributed by atoms with Crippen molar-refractivity contribution in [2.24, 2.45) is 17.8 Å². The maximum absolute atomic E-state index is 12.7. The number of piperidine rings is 1. The summed E-state index contributed by atoms with van der Waals surface area (Å²) < 4.78 is 29.5. The number of nitrogens with one attached hydrogen (secondary N) is 1. The van der Waals surface area contributed by atoms with Crippen LogP contribution in [0.15, 0.2) is 48.2 Å². The number of aliphatic carboxylic acids is 3. The number of carbonyl (C=O) groups is 4. The predicted molar refractivity (Wildman–Crippen MR) is 211 cm³/mol. The third-order valence-corrected chi connectivity index (χ3v) is 10.4. The van der Waals surface area contributed by atoms with Gasteiger partial charge in [0.2, 0.25) is 0 Å². The Labute approximate surface area is 341 Å². The molecule has 18 nitrogen and oxygen atoms in total. The van der Waals surface area contributed by atoms with Crippen LogP contribution < -0.4 is 10.2 Å². The Morgan fingerprint density at radius 3 is 2.20 bits per heavy atom. The molecule has 0 bridgehead atoms. The summed E-state index contributed by atoms with van der Waals surface area (Å²) in [5.41, 5.74) is 2.46. The van der Waals surface area contributed by atoms with Crippen molar-refractivity contribution in [3.63, 3.8) is 0 Å². The van der Waals surface area contributed by atoms with Gasteiger partial charge in [0.05, 0.1) is 71.3 Å². The van der Waals surface area contributed by atoms with Gasteiger partial charge in [-0.15, -0.1) is 5.10 Å². The Hall–Kier alpha value is -5.45. The van der Waals surface area contributed by atoms with Gasteiger partial charge in [0, 0.05) is 50.7 Å². The maximum Gasteiger partial charge on any atom is 0.303 e. The Morgan fingerprint density at radius 1 is 0.864 bits per heavy atom. The van der Waals surface area contributed by atoms with E-state index in [1.54, 1.807) is 12.3 Å². The van der Waals surface area contributed by atoms with Crippen molar-refractivity contribution in [3.05, 3.63) is 59.4 Å². The maximum atomic E-state index is 12.7. The summed E-state index contributed by atoms with van der Waals surface area (Å²) in [5.74, 6) is -6.57. The zero-order valence-corrected chi connectivity index (χ0v) is 33.1. The molecule has 1 aromatic heterocycles. The monoisotopic (exact) mass is 820 g/mol. The van der Waals surface area contributed by atoms with Gasteiger partial charge in [-0.2, -0.15) is 5.26 Å². The molecule has 2 saturated heterocycles. The number of anilines is 1. The lowest BCUT2D eigenvalue weighted by atomic mass is 9.71. The molecule has 2 aliphatic heterocycles. The quantitative estimate of drug-likeness (QED) is 0.0609. The highest BCUT2D eigenvalue weighted by atomic mass is 16.7. The number of methoxy groups -OCH3 is 1. The molecule has 0 radical (unpaired) electrons. The Balaban J connectivity index is 0.969. The van der Waals surface area contributed by atoms with Crippen LogP contribution in [0, 0.1) is 29.1 Å². The summed E-state index contributed by atoms with van der Waals surface area (Å²) in [7, 11) is 1.32. The Bertz CT molecular complexity index is 1960. The predicted octanol–water partition coefficient (Wildman–Crippen LogP) is 3.34. The second-order valence-corrected chi connectivity index (χ2v) is 14.5. The molecular weight excluding hydrogens is 768 g/mol. The van der Waals surface area contributed by atoms with E-state index >= 15 is 0 Å². The molecule has 5 rings (SSSR count). The number of carbonyl (C=O) groups excluding carboxylic acids is 1. The topological polar surface area (TPSA) is 245 Å². The second kappa shape index (κ2) is 22.6. The van der Waals surface area contributed by atoms with E-state index in [9.17, 15) is 39.8 Å². The van der Waals surface area contributed by atoms with Crippen LogP contribution in [-0.4, -0.2) is 126 Å². The van der Waals surface area contributed by atoms with Crippen LogP contribution in [0.25, 0.3) is 16.8 Å². The first-order valence-corrected chi connectivity index (χ1v) is 19.7. The molecule has 5 atom stereocenters. The van der Waals surface area contributed by atoms with Gasteiger partial charge in [-0.05, 0) is 65.8 Å². The highest BCUT2D eigenvalue weighted by Gasteiger charge is 2.48. The van der Waals surface area contributed by atoms with Crippen molar-refractivity contribution >= 4 is 46.4 Å². The molecule has 5 unspecified atom stereocenters. The van der Waals surface area contributed by atoms with Crippen LogP contribution in [0.3, 0.4) is 0 Å². The van der Waals surface area contributed by atoms with E-state index in [1.165, 1.54) is 36.7 Å². The molecule has 4 N–H and O–H groups in total. The van der Waals surface area contributed by atoms with Crippen molar-refractivity contribution < 1.29 is 58.2 Å². The molecule has 2 aliphatic rings. The number of hydrogen-bond donors (Lipinski definition) is 4. The van der Waals surface area contributed by atoms with Gasteiger partial charge in [-0.1, -0.05) is 23.4 Å². The van der Waals surface area contributed by atoms with Gasteiger partial charge in [-0.3, -0.25) is 19.2 Å². The van der Waals surface area contributed by atoms with Gasteiger partial charge in [0.1, 0.15) is 17.3 Å². The minimum absolute atomic E-state index is 0.00165. The zero-order chi connectivity index (χ0) is 42.1. The molecule has 3 heterocycles. The molecule has 0 aliphatic carbocycles. The Kier molecular flexibility index (Phi) is 17.1. The largest absolute Gasteiger partial charge is 0.481 e. The first kappa shape index (κ1) is 44.6. The number of carboxylic acids is 3. The number of fused-ring (bicyclic) bond motifs is 1. The lowest BCUT2D eigenvalue weighted by molar-refractivity contribution is -0.253. The fourth-order valence-electron chi connectivity index (χ4n) is 7.65. The highest BCUT2D eigenvalue weighted by molar-refractivity contribution is 6.02. The molecule has 2 fully saturated rings. The number of amides is 1. The lowest BCUT2D eigenvalue weighted by Gasteiger charge is -2.45. The van der Waals surface area contributed by atoms with Crippen LogP contribution in [-0.2, 0) is 56.0 Å². The van der Waals surface area contributed by atoms with Crippen molar-refractivity contribution in [2.75, 3.05) is 64.7 Å².